The molecule has 4 heteroatoms. The first-order valence-corrected chi connectivity index (χ1v) is 16.6. The lowest BCUT2D eigenvalue weighted by Gasteiger charge is -2.32. The minimum absolute atomic E-state index is 0.0988. The maximum Gasteiger partial charge on any atom is 0.0606 e. The molecule has 0 saturated heterocycles. The highest BCUT2D eigenvalue weighted by molar-refractivity contribution is 6.30. The van der Waals surface area contributed by atoms with Gasteiger partial charge in [-0.25, -0.2) is 0 Å². The Labute approximate surface area is 258 Å². The quantitative estimate of drug-likeness (QED) is 0.369. The molecule has 1 aliphatic carbocycles. The molecule has 2 aromatic rings. The van der Waals surface area contributed by atoms with Crippen LogP contribution in [-0.2, 0) is 12.8 Å². The Bertz CT molecular complexity index is 1840. The van der Waals surface area contributed by atoms with Crippen LogP contribution in [0.1, 0.15) is 109 Å². The number of H-pyrrole nitrogens is 2. The molecule has 4 aliphatic rings. The van der Waals surface area contributed by atoms with E-state index in [0.29, 0.717) is 5.92 Å². The van der Waals surface area contributed by atoms with Gasteiger partial charge in [0.1, 0.15) is 0 Å². The monoisotopic (exact) mass is 574 g/mol. The van der Waals surface area contributed by atoms with E-state index in [4.69, 9.17) is 9.98 Å². The molecule has 0 radical (unpaired) electrons. The first-order valence-electron chi connectivity index (χ1n) is 16.6. The van der Waals surface area contributed by atoms with Crippen LogP contribution in [0.5, 0.6) is 0 Å². The van der Waals surface area contributed by atoms with Gasteiger partial charge in [0, 0.05) is 62.6 Å². The van der Waals surface area contributed by atoms with Crippen molar-refractivity contribution in [2.75, 3.05) is 0 Å². The summed E-state index contributed by atoms with van der Waals surface area (Å²) in [6.07, 6.45) is 15.8. The number of aromatic nitrogens is 2. The zero-order valence-electron chi connectivity index (χ0n) is 28.3. The normalized spacial score (nSPS) is 34.2. The third-order valence-corrected chi connectivity index (χ3v) is 11.8. The van der Waals surface area contributed by atoms with Gasteiger partial charge >= 0.3 is 0 Å². The van der Waals surface area contributed by atoms with Gasteiger partial charge in [0.15, 0.2) is 0 Å². The summed E-state index contributed by atoms with van der Waals surface area (Å²) in [6.45, 7) is 25.4. The Balaban J connectivity index is 1.75. The van der Waals surface area contributed by atoms with Gasteiger partial charge in [0.05, 0.1) is 11.1 Å². The molecular weight excluding hydrogens is 524 g/mol. The summed E-state index contributed by atoms with van der Waals surface area (Å²) in [6, 6.07) is 0. The van der Waals surface area contributed by atoms with Gasteiger partial charge in [-0.1, -0.05) is 57.9 Å². The molecule has 43 heavy (non-hydrogen) atoms. The van der Waals surface area contributed by atoms with Crippen molar-refractivity contribution in [2.24, 2.45) is 32.7 Å². The van der Waals surface area contributed by atoms with E-state index in [-0.39, 0.29) is 16.7 Å². The molecule has 226 valence electrons. The van der Waals surface area contributed by atoms with Gasteiger partial charge in [-0.3, -0.25) is 9.98 Å². The van der Waals surface area contributed by atoms with E-state index in [1.165, 1.54) is 78.0 Å². The van der Waals surface area contributed by atoms with Gasteiger partial charge < -0.3 is 9.97 Å². The minimum atomic E-state index is -0.103. The maximum absolute atomic E-state index is 5.52. The van der Waals surface area contributed by atoms with E-state index < -0.39 is 0 Å². The molecule has 3 aliphatic heterocycles. The Morgan fingerprint density at radius 2 is 1.47 bits per heavy atom. The molecular formula is C39H50N4. The van der Waals surface area contributed by atoms with Gasteiger partial charge in [-0.05, 0) is 107 Å². The van der Waals surface area contributed by atoms with E-state index in [9.17, 15) is 0 Å². The molecule has 6 rings (SSSR count). The van der Waals surface area contributed by atoms with Crippen molar-refractivity contribution in [1.29, 1.82) is 0 Å². The van der Waals surface area contributed by atoms with E-state index in [1.807, 2.05) is 0 Å². The summed E-state index contributed by atoms with van der Waals surface area (Å²) < 4.78 is 0. The third kappa shape index (κ3) is 4.01. The number of nitrogens with zero attached hydrogens (tertiary/aromatic N) is 2. The first-order chi connectivity index (χ1) is 20.5. The molecule has 0 aromatic carbocycles. The Hall–Kier alpha value is -3.40. The van der Waals surface area contributed by atoms with Crippen molar-refractivity contribution < 1.29 is 0 Å². The zero-order chi connectivity index (χ0) is 31.0. The number of rotatable bonds is 4. The predicted octanol–water partition coefficient (Wildman–Crippen LogP) is 8.31. The number of aliphatic imine (C=N–C) groups is 2. The second kappa shape index (κ2) is 10.4. The highest BCUT2D eigenvalue weighted by Gasteiger charge is 2.50. The summed E-state index contributed by atoms with van der Waals surface area (Å²) in [4.78, 5) is 18.4. The van der Waals surface area contributed by atoms with E-state index in [0.717, 1.165) is 31.4 Å². The maximum atomic E-state index is 5.52. The number of allylic oxidation sites excluding steroid dienone is 6. The van der Waals surface area contributed by atoms with Crippen LogP contribution in [0.15, 0.2) is 44.7 Å². The highest BCUT2D eigenvalue weighted by atomic mass is 14.9. The molecule has 4 unspecified atom stereocenters. The fourth-order valence-corrected chi connectivity index (χ4v) is 8.85. The fourth-order valence-electron chi connectivity index (χ4n) is 8.85. The van der Waals surface area contributed by atoms with Crippen molar-refractivity contribution in [2.45, 2.75) is 102 Å². The lowest BCUT2D eigenvalue weighted by Crippen LogP contribution is -2.31. The molecule has 0 amide bonds. The van der Waals surface area contributed by atoms with Gasteiger partial charge in [0.2, 0.25) is 0 Å². The van der Waals surface area contributed by atoms with Crippen LogP contribution >= 0.6 is 0 Å². The van der Waals surface area contributed by atoms with Crippen LogP contribution in [0, 0.1) is 36.5 Å². The van der Waals surface area contributed by atoms with Crippen LogP contribution in [-0.4, -0.2) is 21.9 Å². The summed E-state index contributed by atoms with van der Waals surface area (Å²) in [5.74, 6) is 0.616. The summed E-state index contributed by atoms with van der Waals surface area (Å²) in [5.41, 5.74) is 16.5. The fraction of sp³-hybridized carbons (Fsp3) is 0.487. The Kier molecular flexibility index (Phi) is 7.14. The van der Waals surface area contributed by atoms with Crippen molar-refractivity contribution in [1.82, 2.24) is 9.97 Å². The molecule has 0 saturated carbocycles. The van der Waals surface area contributed by atoms with Gasteiger partial charge in [-0.15, -0.1) is 0 Å². The SMILES string of the molecule is CCc1c2[nH]c(c1C)/C=C1\N=CC(CC)(/C(C)=C\C(C)=c3\[nH]/c(c(CC)c3C)=C3/C=C(C)C4(C)C3=N/C(=C\2)C4CC)C1C. The number of aromatic amines is 2. The largest absolute Gasteiger partial charge is 0.355 e. The van der Waals surface area contributed by atoms with Crippen LogP contribution in [0.4, 0.5) is 0 Å². The topological polar surface area (TPSA) is 56.3 Å². The number of nitrogens with one attached hydrogen (secondary N) is 2. The Morgan fingerprint density at radius 1 is 0.767 bits per heavy atom. The molecule has 5 heterocycles. The van der Waals surface area contributed by atoms with Crippen molar-refractivity contribution in [3.05, 3.63) is 79.0 Å². The van der Waals surface area contributed by atoms with Gasteiger partial charge in [-0.2, -0.15) is 0 Å². The minimum Gasteiger partial charge on any atom is -0.355 e. The van der Waals surface area contributed by atoms with E-state index in [1.54, 1.807) is 0 Å². The number of hydrogen-bond acceptors (Lipinski definition) is 2. The second-order valence-corrected chi connectivity index (χ2v) is 13.6. The van der Waals surface area contributed by atoms with Crippen molar-refractivity contribution in [3.8, 4) is 0 Å². The third-order valence-electron chi connectivity index (χ3n) is 11.8. The van der Waals surface area contributed by atoms with Gasteiger partial charge in [0.25, 0.3) is 0 Å². The highest BCUT2D eigenvalue weighted by Crippen LogP contribution is 2.54. The van der Waals surface area contributed by atoms with E-state index in [2.05, 4.69) is 117 Å². The van der Waals surface area contributed by atoms with Crippen LogP contribution in [0.2, 0.25) is 0 Å². The molecule has 0 fully saturated rings. The van der Waals surface area contributed by atoms with Crippen LogP contribution in [0.3, 0.4) is 0 Å². The summed E-state index contributed by atoms with van der Waals surface area (Å²) in [5, 5.41) is 2.49. The van der Waals surface area contributed by atoms with Crippen LogP contribution < -0.4 is 10.7 Å². The Morgan fingerprint density at radius 3 is 2.12 bits per heavy atom. The standard InChI is InChI=1S/C39H50N4/c1-12-27-24(8)31-18-32-26(10)39(15-4,20-40-32)23(7)16-21(5)35-25(9)28(13-2)36(43-35)29-17-22(6)38(11)30(14-3)34(42-37(29)38)19-33(27)41-31/h16-20,26,30,41,43H,12-15H2,1-11H3/b23-16-,32-18-,34-19-,35-21+,36-29-. The van der Waals surface area contributed by atoms with Crippen molar-refractivity contribution in [3.63, 3.8) is 0 Å². The smallest absolute Gasteiger partial charge is 0.0606 e. The molecule has 2 N–H and O–H groups in total. The lowest BCUT2D eigenvalue weighted by molar-refractivity contribution is 0.388. The molecule has 0 spiro atoms. The summed E-state index contributed by atoms with van der Waals surface area (Å²) >= 11 is 0. The average molecular weight is 575 g/mol. The average Bonchev–Trinajstić information content (AvgIpc) is 3.71. The van der Waals surface area contributed by atoms with Crippen LogP contribution in [0.25, 0.3) is 23.3 Å². The van der Waals surface area contributed by atoms with Crippen molar-refractivity contribution >= 4 is 35.2 Å². The van der Waals surface area contributed by atoms with E-state index >= 15 is 0 Å². The predicted molar refractivity (Wildman–Crippen MR) is 185 cm³/mol. The molecule has 4 nitrogen and oxygen atoms in total. The second-order valence-electron chi connectivity index (χ2n) is 13.6. The zero-order valence-corrected chi connectivity index (χ0v) is 28.3. The number of hydrogen-bond donors (Lipinski definition) is 2. The number of fused-ring (bicyclic) bond motifs is 7. The summed E-state index contributed by atoms with van der Waals surface area (Å²) in [7, 11) is 0. The first kappa shape index (κ1) is 29.7. The lowest BCUT2D eigenvalue weighted by atomic mass is 9.70. The molecule has 8 bridgehead atoms. The molecule has 2 aromatic heterocycles. The molecule has 4 atom stereocenters.